The molecule has 0 heterocycles. The Morgan fingerprint density at radius 1 is 1.13 bits per heavy atom. The Bertz CT molecular complexity index is 151. The van der Waals surface area contributed by atoms with Crippen LogP contribution in [0.25, 0.3) is 0 Å². The topological polar surface area (TPSA) is 12.0 Å². The fourth-order valence-corrected chi connectivity index (χ4v) is 1.76. The molecule has 0 amide bonds. The minimum atomic E-state index is 0.670. The Kier molecular flexibility index (Phi) is 10.0. The fraction of sp³-hybridized carbons (Fsp3) is 0.857. The van der Waals surface area contributed by atoms with Gasteiger partial charge in [-0.2, -0.15) is 0 Å². The molecule has 0 saturated carbocycles. The highest BCUT2D eigenvalue weighted by Crippen LogP contribution is 2.13. The monoisotopic (exact) mass is 211 g/mol. The molecule has 0 aliphatic heterocycles. The summed E-state index contributed by atoms with van der Waals surface area (Å²) in [6, 6.07) is 0.670. The molecule has 0 bridgehead atoms. The van der Waals surface area contributed by atoms with Crippen LogP contribution in [0.3, 0.4) is 0 Å². The third-order valence-electron chi connectivity index (χ3n) is 2.87. The lowest BCUT2D eigenvalue weighted by atomic mass is 10.00. The number of unbranched alkanes of at least 4 members (excludes halogenated alkanes) is 2. The zero-order valence-electron chi connectivity index (χ0n) is 10.9. The largest absolute Gasteiger partial charge is 0.314 e. The normalized spacial score (nSPS) is 12.7. The predicted molar refractivity (Wildman–Crippen MR) is 70.3 cm³/mol. The van der Waals surface area contributed by atoms with Gasteiger partial charge in [0.2, 0.25) is 0 Å². The summed E-state index contributed by atoms with van der Waals surface area (Å²) in [4.78, 5) is 0. The van der Waals surface area contributed by atoms with E-state index in [-0.39, 0.29) is 0 Å². The molecule has 0 spiro atoms. The zero-order chi connectivity index (χ0) is 11.5. The van der Waals surface area contributed by atoms with Crippen LogP contribution in [0.1, 0.15) is 65.7 Å². The molecule has 15 heavy (non-hydrogen) atoms. The quantitative estimate of drug-likeness (QED) is 0.420. The first-order valence-corrected chi connectivity index (χ1v) is 6.64. The van der Waals surface area contributed by atoms with E-state index in [4.69, 9.17) is 0 Å². The van der Waals surface area contributed by atoms with E-state index in [0.717, 1.165) is 13.0 Å². The number of hydrogen-bond acceptors (Lipinski definition) is 1. The van der Waals surface area contributed by atoms with E-state index in [1.54, 1.807) is 0 Å². The highest BCUT2D eigenvalue weighted by atomic mass is 14.9. The average molecular weight is 211 g/mol. The molecule has 1 nitrogen and oxygen atoms in total. The van der Waals surface area contributed by atoms with Crippen LogP contribution in [0.2, 0.25) is 0 Å². The van der Waals surface area contributed by atoms with Gasteiger partial charge >= 0.3 is 0 Å². The van der Waals surface area contributed by atoms with Gasteiger partial charge in [0.05, 0.1) is 0 Å². The van der Waals surface area contributed by atoms with Gasteiger partial charge in [0.15, 0.2) is 0 Å². The standard InChI is InChI=1S/C14H29N/c1-5-8-9-10-14(15-11-6-2)12-13(4)7-3/h14-15H,4-12H2,1-3H3. The first-order valence-electron chi connectivity index (χ1n) is 6.64. The van der Waals surface area contributed by atoms with Gasteiger partial charge in [-0.3, -0.25) is 0 Å². The van der Waals surface area contributed by atoms with E-state index in [0.29, 0.717) is 6.04 Å². The maximum absolute atomic E-state index is 4.11. The molecule has 0 saturated heterocycles. The van der Waals surface area contributed by atoms with E-state index in [1.807, 2.05) is 0 Å². The van der Waals surface area contributed by atoms with Crippen LogP contribution in [0.4, 0.5) is 0 Å². The number of hydrogen-bond donors (Lipinski definition) is 1. The summed E-state index contributed by atoms with van der Waals surface area (Å²) >= 11 is 0. The Morgan fingerprint density at radius 2 is 1.87 bits per heavy atom. The Hall–Kier alpha value is -0.300. The maximum atomic E-state index is 4.11. The number of nitrogens with one attached hydrogen (secondary N) is 1. The molecule has 0 aliphatic rings. The van der Waals surface area contributed by atoms with Crippen molar-refractivity contribution in [2.75, 3.05) is 6.54 Å². The lowest BCUT2D eigenvalue weighted by Gasteiger charge is -2.19. The summed E-state index contributed by atoms with van der Waals surface area (Å²) in [7, 11) is 0. The van der Waals surface area contributed by atoms with Crippen LogP contribution in [-0.2, 0) is 0 Å². The summed E-state index contributed by atoms with van der Waals surface area (Å²) in [5.41, 5.74) is 1.39. The second kappa shape index (κ2) is 10.2. The van der Waals surface area contributed by atoms with Crippen LogP contribution in [0, 0.1) is 0 Å². The van der Waals surface area contributed by atoms with Crippen LogP contribution >= 0.6 is 0 Å². The van der Waals surface area contributed by atoms with Crippen molar-refractivity contribution < 1.29 is 0 Å². The van der Waals surface area contributed by atoms with Crippen molar-refractivity contribution in [3.05, 3.63) is 12.2 Å². The first-order chi connectivity index (χ1) is 7.24. The SMILES string of the molecule is C=C(CC)CC(CCCCC)NCCC. The Balaban J connectivity index is 3.77. The molecule has 1 heteroatoms. The molecule has 0 aromatic heterocycles. The predicted octanol–water partition coefficient (Wildman–Crippen LogP) is 4.29. The maximum Gasteiger partial charge on any atom is 0.0104 e. The Morgan fingerprint density at radius 3 is 2.40 bits per heavy atom. The fourth-order valence-electron chi connectivity index (χ4n) is 1.76. The summed E-state index contributed by atoms with van der Waals surface area (Å²) < 4.78 is 0. The molecule has 90 valence electrons. The zero-order valence-corrected chi connectivity index (χ0v) is 10.9. The number of rotatable bonds is 10. The van der Waals surface area contributed by atoms with Crippen LogP contribution in [0.5, 0.6) is 0 Å². The highest BCUT2D eigenvalue weighted by molar-refractivity contribution is 4.96. The smallest absolute Gasteiger partial charge is 0.0104 e. The van der Waals surface area contributed by atoms with Crippen molar-refractivity contribution in [1.82, 2.24) is 5.32 Å². The molecule has 0 aromatic carbocycles. The third-order valence-corrected chi connectivity index (χ3v) is 2.87. The summed E-state index contributed by atoms with van der Waals surface area (Å²) in [6.45, 7) is 11.9. The second-order valence-corrected chi connectivity index (χ2v) is 4.45. The van der Waals surface area contributed by atoms with Crippen molar-refractivity contribution in [3.63, 3.8) is 0 Å². The lowest BCUT2D eigenvalue weighted by Crippen LogP contribution is -2.30. The van der Waals surface area contributed by atoms with Gasteiger partial charge in [0, 0.05) is 6.04 Å². The van der Waals surface area contributed by atoms with Crippen molar-refractivity contribution in [1.29, 1.82) is 0 Å². The van der Waals surface area contributed by atoms with Crippen LogP contribution < -0.4 is 5.32 Å². The molecule has 0 fully saturated rings. The minimum absolute atomic E-state index is 0.670. The van der Waals surface area contributed by atoms with Crippen molar-refractivity contribution >= 4 is 0 Å². The average Bonchev–Trinajstić information content (AvgIpc) is 2.25. The molecule has 0 radical (unpaired) electrons. The summed E-state index contributed by atoms with van der Waals surface area (Å²) in [5, 5.41) is 3.63. The lowest BCUT2D eigenvalue weighted by molar-refractivity contribution is 0.453. The van der Waals surface area contributed by atoms with Gasteiger partial charge < -0.3 is 5.32 Å². The van der Waals surface area contributed by atoms with Gasteiger partial charge in [-0.1, -0.05) is 52.2 Å². The van der Waals surface area contributed by atoms with Gasteiger partial charge in [0.25, 0.3) is 0 Å². The van der Waals surface area contributed by atoms with Gasteiger partial charge in [-0.15, -0.1) is 0 Å². The third kappa shape index (κ3) is 8.68. The molecular weight excluding hydrogens is 182 g/mol. The van der Waals surface area contributed by atoms with E-state index in [1.165, 1.54) is 44.1 Å². The van der Waals surface area contributed by atoms with Crippen molar-refractivity contribution in [2.45, 2.75) is 71.8 Å². The highest BCUT2D eigenvalue weighted by Gasteiger charge is 2.07. The van der Waals surface area contributed by atoms with Gasteiger partial charge in [-0.25, -0.2) is 0 Å². The van der Waals surface area contributed by atoms with E-state index in [2.05, 4.69) is 32.7 Å². The molecule has 1 atom stereocenters. The summed E-state index contributed by atoms with van der Waals surface area (Å²) in [6.07, 6.45) is 8.86. The van der Waals surface area contributed by atoms with E-state index in [9.17, 15) is 0 Å². The molecule has 0 rings (SSSR count). The summed E-state index contributed by atoms with van der Waals surface area (Å²) in [5.74, 6) is 0. The van der Waals surface area contributed by atoms with Crippen LogP contribution in [-0.4, -0.2) is 12.6 Å². The molecule has 0 aromatic rings. The van der Waals surface area contributed by atoms with Crippen molar-refractivity contribution in [3.8, 4) is 0 Å². The van der Waals surface area contributed by atoms with Gasteiger partial charge in [0.1, 0.15) is 0 Å². The molecule has 1 unspecified atom stereocenters. The minimum Gasteiger partial charge on any atom is -0.314 e. The second-order valence-electron chi connectivity index (χ2n) is 4.45. The molecule has 1 N–H and O–H groups in total. The molecular formula is C14H29N. The first kappa shape index (κ1) is 14.7. The van der Waals surface area contributed by atoms with Crippen molar-refractivity contribution in [2.24, 2.45) is 0 Å². The van der Waals surface area contributed by atoms with Gasteiger partial charge in [-0.05, 0) is 32.2 Å². The van der Waals surface area contributed by atoms with E-state index >= 15 is 0 Å². The Labute approximate surface area is 96.3 Å². The van der Waals surface area contributed by atoms with Crippen LogP contribution in [0.15, 0.2) is 12.2 Å². The van der Waals surface area contributed by atoms with E-state index < -0.39 is 0 Å². The molecule has 0 aliphatic carbocycles.